The third-order valence-corrected chi connectivity index (χ3v) is 5.99. The number of rotatable bonds is 9. The van der Waals surface area contributed by atoms with E-state index in [2.05, 4.69) is 5.32 Å². The van der Waals surface area contributed by atoms with Crippen molar-refractivity contribution in [3.05, 3.63) is 64.9 Å². The van der Waals surface area contributed by atoms with Gasteiger partial charge < -0.3 is 10.2 Å². The minimum Gasteiger partial charge on any atom is -0.352 e. The minimum absolute atomic E-state index is 0.0165. The Morgan fingerprint density at radius 3 is 2.31 bits per heavy atom. The second-order valence-electron chi connectivity index (χ2n) is 7.74. The lowest BCUT2D eigenvalue weighted by Crippen LogP contribution is -2.52. The molecule has 174 valence electrons. The molecule has 0 fully saturated rings. The third kappa shape index (κ3) is 7.20. The fraction of sp³-hybridized carbons (Fsp3) is 0.364. The van der Waals surface area contributed by atoms with E-state index in [4.69, 9.17) is 11.6 Å². The van der Waals surface area contributed by atoms with E-state index in [1.165, 1.54) is 23.1 Å². The van der Waals surface area contributed by atoms with Gasteiger partial charge in [-0.3, -0.25) is 13.9 Å². The van der Waals surface area contributed by atoms with Crippen LogP contribution in [-0.4, -0.2) is 50.0 Å². The number of sulfonamides is 1. The minimum atomic E-state index is -3.91. The van der Waals surface area contributed by atoms with E-state index in [1.54, 1.807) is 45.0 Å². The van der Waals surface area contributed by atoms with E-state index in [1.807, 2.05) is 0 Å². The Bertz CT molecular complexity index is 1080. The number of nitrogens with zero attached hydrogens (tertiary/aromatic N) is 2. The number of amides is 2. The molecule has 1 N–H and O–H groups in total. The molecule has 2 aromatic rings. The van der Waals surface area contributed by atoms with E-state index in [-0.39, 0.29) is 24.2 Å². The summed E-state index contributed by atoms with van der Waals surface area (Å²) < 4.78 is 39.3. The van der Waals surface area contributed by atoms with E-state index >= 15 is 0 Å². The summed E-state index contributed by atoms with van der Waals surface area (Å²) in [4.78, 5) is 27.2. The number of benzene rings is 2. The standard InChI is InChI=1S/C22H27ClFN3O4S/c1-15(2)25-22(29)16(3)26(13-17-7-5-8-18(23)11-17)21(28)14-27(32(4,30)31)20-10-6-9-19(24)12-20/h5-12,15-16H,13-14H2,1-4H3,(H,25,29). The number of halogens is 2. The smallest absolute Gasteiger partial charge is 0.244 e. The Balaban J connectivity index is 2.39. The SMILES string of the molecule is CC(C)NC(=O)C(C)N(Cc1cccc(Cl)c1)C(=O)CN(c1cccc(F)c1)S(C)(=O)=O. The number of carbonyl (C=O) groups is 2. The monoisotopic (exact) mass is 483 g/mol. The summed E-state index contributed by atoms with van der Waals surface area (Å²) in [5, 5.41) is 3.22. The predicted molar refractivity (Wildman–Crippen MR) is 123 cm³/mol. The zero-order chi connectivity index (χ0) is 24.1. The molecular formula is C22H27ClFN3O4S. The van der Waals surface area contributed by atoms with Crippen LogP contribution in [0.25, 0.3) is 0 Å². The van der Waals surface area contributed by atoms with Gasteiger partial charge in [-0.25, -0.2) is 12.8 Å². The highest BCUT2D eigenvalue weighted by atomic mass is 35.5. The average molecular weight is 484 g/mol. The maximum absolute atomic E-state index is 13.7. The molecule has 0 heterocycles. The lowest BCUT2D eigenvalue weighted by molar-refractivity contribution is -0.139. The Kier molecular flexibility index (Phi) is 8.63. The number of carbonyl (C=O) groups excluding carboxylic acids is 2. The van der Waals surface area contributed by atoms with Crippen molar-refractivity contribution in [3.63, 3.8) is 0 Å². The van der Waals surface area contributed by atoms with E-state index in [0.717, 1.165) is 16.6 Å². The first-order chi connectivity index (χ1) is 14.9. The van der Waals surface area contributed by atoms with Crippen molar-refractivity contribution < 1.29 is 22.4 Å². The molecule has 32 heavy (non-hydrogen) atoms. The number of nitrogens with one attached hydrogen (secondary N) is 1. The largest absolute Gasteiger partial charge is 0.352 e. The van der Waals surface area contributed by atoms with E-state index < -0.39 is 34.3 Å². The molecule has 2 rings (SSSR count). The molecule has 0 bridgehead atoms. The molecule has 10 heteroatoms. The summed E-state index contributed by atoms with van der Waals surface area (Å²) in [6, 6.07) is 10.7. The molecule has 0 saturated heterocycles. The highest BCUT2D eigenvalue weighted by Crippen LogP contribution is 2.20. The van der Waals surface area contributed by atoms with Crippen LogP contribution in [0.15, 0.2) is 48.5 Å². The van der Waals surface area contributed by atoms with Gasteiger partial charge in [-0.15, -0.1) is 0 Å². The highest BCUT2D eigenvalue weighted by Gasteiger charge is 2.30. The number of hydrogen-bond acceptors (Lipinski definition) is 4. The second-order valence-corrected chi connectivity index (χ2v) is 10.1. The van der Waals surface area contributed by atoms with Gasteiger partial charge >= 0.3 is 0 Å². The second kappa shape index (κ2) is 10.8. The summed E-state index contributed by atoms with van der Waals surface area (Å²) >= 11 is 6.05. The summed E-state index contributed by atoms with van der Waals surface area (Å²) in [5.41, 5.74) is 0.689. The van der Waals surface area contributed by atoms with Crippen LogP contribution in [0.1, 0.15) is 26.3 Å². The quantitative estimate of drug-likeness (QED) is 0.593. The first kappa shape index (κ1) is 25.6. The first-order valence-corrected chi connectivity index (χ1v) is 12.2. The Morgan fingerprint density at radius 1 is 1.09 bits per heavy atom. The molecule has 0 aliphatic carbocycles. The highest BCUT2D eigenvalue weighted by molar-refractivity contribution is 7.92. The lowest BCUT2D eigenvalue weighted by atomic mass is 10.1. The summed E-state index contributed by atoms with van der Waals surface area (Å²) in [6.07, 6.45) is 0.932. The molecule has 1 atom stereocenters. The van der Waals surface area contributed by atoms with Crippen LogP contribution in [0.5, 0.6) is 0 Å². The van der Waals surface area contributed by atoms with Crippen LogP contribution in [0.3, 0.4) is 0 Å². The molecule has 0 radical (unpaired) electrons. The molecule has 0 spiro atoms. The van der Waals surface area contributed by atoms with Gasteiger partial charge in [0.05, 0.1) is 11.9 Å². The van der Waals surface area contributed by atoms with Gasteiger partial charge in [0.1, 0.15) is 18.4 Å². The fourth-order valence-corrected chi connectivity index (χ4v) is 4.12. The van der Waals surface area contributed by atoms with Gasteiger partial charge in [0.2, 0.25) is 21.8 Å². The van der Waals surface area contributed by atoms with Crippen LogP contribution in [-0.2, 0) is 26.2 Å². The maximum atomic E-state index is 13.7. The van der Waals surface area contributed by atoms with E-state index in [0.29, 0.717) is 10.6 Å². The van der Waals surface area contributed by atoms with Crippen LogP contribution in [0, 0.1) is 5.82 Å². The van der Waals surface area contributed by atoms with Crippen LogP contribution >= 0.6 is 11.6 Å². The van der Waals surface area contributed by atoms with Crippen LogP contribution in [0.2, 0.25) is 5.02 Å². The van der Waals surface area contributed by atoms with Gasteiger partial charge in [0, 0.05) is 17.6 Å². The van der Waals surface area contributed by atoms with Crippen molar-refractivity contribution in [1.29, 1.82) is 0 Å². The number of hydrogen-bond donors (Lipinski definition) is 1. The number of anilines is 1. The topological polar surface area (TPSA) is 86.8 Å². The van der Waals surface area contributed by atoms with Gasteiger partial charge in [-0.05, 0) is 56.7 Å². The first-order valence-electron chi connectivity index (χ1n) is 9.96. The van der Waals surface area contributed by atoms with E-state index in [9.17, 15) is 22.4 Å². The molecule has 2 amide bonds. The van der Waals surface area contributed by atoms with Crippen molar-refractivity contribution in [3.8, 4) is 0 Å². The van der Waals surface area contributed by atoms with Crippen LogP contribution < -0.4 is 9.62 Å². The van der Waals surface area contributed by atoms with Gasteiger partial charge in [-0.2, -0.15) is 0 Å². The molecule has 1 unspecified atom stereocenters. The molecule has 0 aliphatic rings. The predicted octanol–water partition coefficient (Wildman–Crippen LogP) is 3.19. The van der Waals surface area contributed by atoms with Gasteiger partial charge in [0.15, 0.2) is 0 Å². The summed E-state index contributed by atoms with van der Waals surface area (Å²) in [6.45, 7) is 4.59. The molecule has 0 aromatic heterocycles. The average Bonchev–Trinajstić information content (AvgIpc) is 2.68. The normalized spacial score (nSPS) is 12.3. The lowest BCUT2D eigenvalue weighted by Gasteiger charge is -2.32. The summed E-state index contributed by atoms with van der Waals surface area (Å²) in [5.74, 6) is -1.64. The molecule has 7 nitrogen and oxygen atoms in total. The van der Waals surface area contributed by atoms with Crippen LogP contribution in [0.4, 0.5) is 10.1 Å². The van der Waals surface area contributed by atoms with Crippen molar-refractivity contribution in [2.45, 2.75) is 39.4 Å². The van der Waals surface area contributed by atoms with Crippen molar-refractivity contribution >= 4 is 39.1 Å². The van der Waals surface area contributed by atoms with Crippen molar-refractivity contribution in [1.82, 2.24) is 10.2 Å². The summed E-state index contributed by atoms with van der Waals surface area (Å²) in [7, 11) is -3.91. The molecular weight excluding hydrogens is 457 g/mol. The molecule has 0 saturated carbocycles. The fourth-order valence-electron chi connectivity index (χ4n) is 3.06. The van der Waals surface area contributed by atoms with Crippen molar-refractivity contribution in [2.75, 3.05) is 17.1 Å². The van der Waals surface area contributed by atoms with Crippen molar-refractivity contribution in [2.24, 2.45) is 0 Å². The Labute approximate surface area is 193 Å². The third-order valence-electron chi connectivity index (χ3n) is 4.62. The Hall–Kier alpha value is -2.65. The Morgan fingerprint density at radius 2 is 1.75 bits per heavy atom. The zero-order valence-electron chi connectivity index (χ0n) is 18.4. The zero-order valence-corrected chi connectivity index (χ0v) is 20.0. The molecule has 2 aromatic carbocycles. The molecule has 0 aliphatic heterocycles. The maximum Gasteiger partial charge on any atom is 0.244 e. The van der Waals surface area contributed by atoms with Gasteiger partial charge in [0.25, 0.3) is 0 Å². The van der Waals surface area contributed by atoms with Gasteiger partial charge in [-0.1, -0.05) is 29.8 Å².